The van der Waals surface area contributed by atoms with Gasteiger partial charge in [0.2, 0.25) is 0 Å². The van der Waals surface area contributed by atoms with Crippen molar-refractivity contribution in [3.63, 3.8) is 0 Å². The lowest BCUT2D eigenvalue weighted by molar-refractivity contribution is -0.232. The average molecular weight is 665 g/mol. The molecule has 0 bridgehead atoms. The van der Waals surface area contributed by atoms with Gasteiger partial charge >= 0.3 is 29.8 Å². The summed E-state index contributed by atoms with van der Waals surface area (Å²) in [7, 11) is 0. The molecule has 13 heteroatoms. The van der Waals surface area contributed by atoms with E-state index in [0.717, 1.165) is 46.5 Å². The van der Waals surface area contributed by atoms with Gasteiger partial charge in [0.1, 0.15) is 23.9 Å². The van der Waals surface area contributed by atoms with Gasteiger partial charge < -0.3 is 38.6 Å². The van der Waals surface area contributed by atoms with Crippen molar-refractivity contribution in [1.82, 2.24) is 0 Å². The fraction of sp³-hybridized carbons (Fsp3) is 0.735. The number of hydrogen-bond acceptors (Lipinski definition) is 13. The van der Waals surface area contributed by atoms with Crippen LogP contribution >= 0.6 is 0 Å². The summed E-state index contributed by atoms with van der Waals surface area (Å²) in [5, 5.41) is 24.2. The Labute approximate surface area is 274 Å². The van der Waals surface area contributed by atoms with Crippen molar-refractivity contribution in [3.8, 4) is 0 Å². The molecule has 2 fully saturated rings. The van der Waals surface area contributed by atoms with Gasteiger partial charge in [-0.3, -0.25) is 19.2 Å². The number of aliphatic hydroxyl groups is 2. The molecular formula is C34H48O13. The SMILES string of the molecule is CCCCCCCC(=O)O[C@H]1[C@@H](O)/C(C)=C\[C@@H]2OC(=O)[C@]3(C)O[C@]23[C@@H](OC(C)=O)[C@H]2[C@](C)(O)[C@H](OC(C)=O)C=C[C@]2(C)[C@H]1OC(C)=O. The Kier molecular flexibility index (Phi) is 10.4. The van der Waals surface area contributed by atoms with E-state index in [9.17, 15) is 34.2 Å². The molecule has 2 heterocycles. The molecule has 0 saturated carbocycles. The number of rotatable bonds is 10. The van der Waals surface area contributed by atoms with Gasteiger partial charge in [-0.25, -0.2) is 4.79 Å². The van der Waals surface area contributed by atoms with Crippen LogP contribution in [-0.4, -0.2) is 93.5 Å². The van der Waals surface area contributed by atoms with Gasteiger partial charge in [0, 0.05) is 38.5 Å². The summed E-state index contributed by atoms with van der Waals surface area (Å²) in [6, 6.07) is 0. The van der Waals surface area contributed by atoms with Crippen LogP contribution in [0.3, 0.4) is 0 Å². The van der Waals surface area contributed by atoms with E-state index < -0.39 is 94.6 Å². The standard InChI is InChI=1S/C34H48O13/c1-9-10-11-12-13-14-24(38)46-26-25(39)18(2)17-23-34(33(8,47-34)30(40)45-23)29(44-21(5)37)27-31(6,28(26)43-20(4)36)16-15-22(32(27,7)41)42-19(3)35/h15-17,22-23,25-29,39,41H,9-14H2,1-8H3/b18-17-/t22-,23+,25+,26+,27-,28+,29+,31+,32-,33+,34+/m1/s1. The largest absolute Gasteiger partial charge is 0.459 e. The second-order valence-corrected chi connectivity index (χ2v) is 13.7. The van der Waals surface area contributed by atoms with Gasteiger partial charge in [-0.05, 0) is 44.9 Å². The third-order valence-corrected chi connectivity index (χ3v) is 10.1. The molecular weight excluding hydrogens is 616 g/mol. The minimum atomic E-state index is -2.10. The van der Waals surface area contributed by atoms with E-state index >= 15 is 0 Å². The highest BCUT2D eigenvalue weighted by atomic mass is 16.7. The molecule has 1 spiro atoms. The first-order valence-corrected chi connectivity index (χ1v) is 16.3. The van der Waals surface area contributed by atoms with Crippen molar-refractivity contribution in [1.29, 1.82) is 0 Å². The first-order chi connectivity index (χ1) is 21.9. The van der Waals surface area contributed by atoms with Crippen LogP contribution < -0.4 is 0 Å². The topological polar surface area (TPSA) is 184 Å². The molecule has 4 rings (SSSR count). The Bertz CT molecular complexity index is 1330. The quantitative estimate of drug-likeness (QED) is 0.114. The van der Waals surface area contributed by atoms with Crippen LogP contribution in [0.15, 0.2) is 23.8 Å². The minimum Gasteiger partial charge on any atom is -0.459 e. The Morgan fingerprint density at radius 1 is 0.894 bits per heavy atom. The molecule has 2 aliphatic carbocycles. The maximum absolute atomic E-state index is 13.3. The van der Waals surface area contributed by atoms with E-state index in [2.05, 4.69) is 6.92 Å². The fourth-order valence-corrected chi connectivity index (χ4v) is 7.73. The van der Waals surface area contributed by atoms with E-state index in [-0.39, 0.29) is 12.0 Å². The molecule has 0 radical (unpaired) electrons. The van der Waals surface area contributed by atoms with Crippen LogP contribution in [-0.2, 0) is 52.4 Å². The third-order valence-electron chi connectivity index (χ3n) is 10.1. The van der Waals surface area contributed by atoms with E-state index in [1.54, 1.807) is 6.92 Å². The van der Waals surface area contributed by atoms with Crippen molar-refractivity contribution >= 4 is 29.8 Å². The van der Waals surface area contributed by atoms with Gasteiger partial charge in [0.15, 0.2) is 29.5 Å². The predicted molar refractivity (Wildman–Crippen MR) is 163 cm³/mol. The van der Waals surface area contributed by atoms with Gasteiger partial charge in [-0.15, -0.1) is 0 Å². The second kappa shape index (κ2) is 13.3. The van der Waals surface area contributed by atoms with Crippen molar-refractivity contribution in [2.45, 2.75) is 147 Å². The number of carbonyl (C=O) groups is 5. The molecule has 0 aromatic carbocycles. The molecule has 262 valence electrons. The highest BCUT2D eigenvalue weighted by Gasteiger charge is 2.88. The van der Waals surface area contributed by atoms with Gasteiger partial charge in [-0.1, -0.05) is 45.6 Å². The van der Waals surface area contributed by atoms with Crippen LogP contribution in [0.5, 0.6) is 0 Å². The average Bonchev–Trinajstić information content (AvgIpc) is 3.55. The van der Waals surface area contributed by atoms with Gasteiger partial charge in [-0.2, -0.15) is 0 Å². The van der Waals surface area contributed by atoms with Crippen molar-refractivity contribution in [3.05, 3.63) is 23.8 Å². The summed E-state index contributed by atoms with van der Waals surface area (Å²) < 4.78 is 35.2. The Balaban J connectivity index is 1.96. The number of unbranched alkanes of at least 4 members (excludes halogenated alkanes) is 4. The maximum Gasteiger partial charge on any atom is 0.342 e. The van der Waals surface area contributed by atoms with Crippen LogP contribution in [0.25, 0.3) is 0 Å². The van der Waals surface area contributed by atoms with Gasteiger partial charge in [0.25, 0.3) is 0 Å². The second-order valence-electron chi connectivity index (χ2n) is 13.7. The zero-order valence-corrected chi connectivity index (χ0v) is 28.4. The van der Waals surface area contributed by atoms with Crippen molar-refractivity contribution in [2.24, 2.45) is 11.3 Å². The Hall–Kier alpha value is -3.29. The maximum atomic E-state index is 13.3. The molecule has 2 aliphatic heterocycles. The Morgan fingerprint density at radius 2 is 1.49 bits per heavy atom. The zero-order valence-electron chi connectivity index (χ0n) is 28.4. The zero-order chi connectivity index (χ0) is 35.1. The molecule has 0 amide bonds. The van der Waals surface area contributed by atoms with E-state index in [1.807, 2.05) is 0 Å². The predicted octanol–water partition coefficient (Wildman–Crippen LogP) is 2.77. The molecule has 13 nitrogen and oxygen atoms in total. The molecule has 2 N–H and O–H groups in total. The van der Waals surface area contributed by atoms with Crippen LogP contribution in [0.1, 0.15) is 93.9 Å². The highest BCUT2D eigenvalue weighted by Crippen LogP contribution is 2.65. The number of ether oxygens (including phenoxy) is 6. The number of carbonyl (C=O) groups excluding carboxylic acids is 5. The van der Waals surface area contributed by atoms with Crippen LogP contribution in [0.4, 0.5) is 0 Å². The Morgan fingerprint density at radius 3 is 2.06 bits per heavy atom. The number of esters is 5. The van der Waals surface area contributed by atoms with Crippen LogP contribution in [0, 0.1) is 11.3 Å². The number of epoxide rings is 1. The van der Waals surface area contributed by atoms with E-state index in [4.69, 9.17) is 28.4 Å². The van der Waals surface area contributed by atoms with Gasteiger partial charge in [0.05, 0.1) is 0 Å². The molecule has 0 unspecified atom stereocenters. The number of hydrogen-bond donors (Lipinski definition) is 2. The lowest BCUT2D eigenvalue weighted by Crippen LogP contribution is -2.69. The van der Waals surface area contributed by atoms with Crippen LogP contribution in [0.2, 0.25) is 0 Å². The van der Waals surface area contributed by atoms with E-state index in [0.29, 0.717) is 6.42 Å². The fourth-order valence-electron chi connectivity index (χ4n) is 7.73. The first-order valence-electron chi connectivity index (χ1n) is 16.3. The summed E-state index contributed by atoms with van der Waals surface area (Å²) >= 11 is 0. The van der Waals surface area contributed by atoms with Crippen molar-refractivity contribution in [2.75, 3.05) is 0 Å². The molecule has 4 aliphatic rings. The summed E-state index contributed by atoms with van der Waals surface area (Å²) in [6.45, 7) is 11.5. The lowest BCUT2D eigenvalue weighted by atomic mass is 9.55. The molecule has 0 aromatic rings. The summed E-state index contributed by atoms with van der Waals surface area (Å²) in [4.78, 5) is 64.3. The molecule has 2 saturated heterocycles. The summed E-state index contributed by atoms with van der Waals surface area (Å²) in [6.07, 6.45) is 0.0827. The molecule has 11 atom stereocenters. The number of fused-ring (bicyclic) bond motifs is 1. The number of aliphatic hydroxyl groups excluding tert-OH is 1. The smallest absolute Gasteiger partial charge is 0.342 e. The first kappa shape index (κ1) is 36.5. The summed E-state index contributed by atoms with van der Waals surface area (Å²) in [5.41, 5.74) is -6.86. The highest BCUT2D eigenvalue weighted by molar-refractivity contribution is 5.89. The summed E-state index contributed by atoms with van der Waals surface area (Å²) in [5.74, 6) is -5.08. The lowest BCUT2D eigenvalue weighted by Gasteiger charge is -2.56. The molecule has 47 heavy (non-hydrogen) atoms. The van der Waals surface area contributed by atoms with Crippen molar-refractivity contribution < 1.29 is 62.6 Å². The monoisotopic (exact) mass is 664 g/mol. The molecule has 0 aromatic heterocycles. The third kappa shape index (κ3) is 6.46. The normalized spacial score (nSPS) is 41.5. The minimum absolute atomic E-state index is 0.0380. The van der Waals surface area contributed by atoms with E-state index in [1.165, 1.54) is 39.0 Å².